The van der Waals surface area contributed by atoms with Crippen molar-refractivity contribution >= 4 is 27.5 Å². The lowest BCUT2D eigenvalue weighted by atomic mass is 10.1. The van der Waals surface area contributed by atoms with Crippen LogP contribution in [0.4, 0.5) is 0 Å². The van der Waals surface area contributed by atoms with Crippen LogP contribution in [0.5, 0.6) is 0 Å². The van der Waals surface area contributed by atoms with Crippen molar-refractivity contribution in [3.8, 4) is 0 Å². The molecule has 2 aromatic heterocycles. The molecule has 6 nitrogen and oxygen atoms in total. The predicted octanol–water partition coefficient (Wildman–Crippen LogP) is 1.88. The molecule has 0 unspecified atom stereocenters. The van der Waals surface area contributed by atoms with Crippen molar-refractivity contribution in [2.75, 3.05) is 19.8 Å². The number of carbonyl (C=O) groups excluding carboxylic acids is 1. The quantitative estimate of drug-likeness (QED) is 0.800. The number of hydrogen-bond acceptors (Lipinski definition) is 5. The zero-order chi connectivity index (χ0) is 16.5. The Morgan fingerprint density at radius 2 is 2.29 bits per heavy atom. The number of aryl methyl sites for hydroxylation is 1. The molecule has 1 saturated heterocycles. The number of nitrogens with zero attached hydrogens (tertiary/aromatic N) is 3. The summed E-state index contributed by atoms with van der Waals surface area (Å²) < 4.78 is 6.98. The molecule has 2 aliphatic rings. The number of amides is 1. The summed E-state index contributed by atoms with van der Waals surface area (Å²) in [5.41, 5.74) is -0.0591. The van der Waals surface area contributed by atoms with Gasteiger partial charge in [-0.15, -0.1) is 11.3 Å². The van der Waals surface area contributed by atoms with Crippen LogP contribution in [-0.4, -0.2) is 46.2 Å². The molecule has 24 heavy (non-hydrogen) atoms. The highest BCUT2D eigenvalue weighted by molar-refractivity contribution is 7.16. The van der Waals surface area contributed by atoms with Crippen molar-refractivity contribution in [1.82, 2.24) is 14.5 Å². The highest BCUT2D eigenvalue weighted by atomic mass is 32.1. The second-order valence-electron chi connectivity index (χ2n) is 6.64. The smallest absolute Gasteiger partial charge is 0.262 e. The lowest BCUT2D eigenvalue weighted by Gasteiger charge is -2.25. The Hall–Kier alpha value is -1.73. The van der Waals surface area contributed by atoms with E-state index in [1.807, 2.05) is 10.3 Å². The molecule has 3 heterocycles. The number of fused-ring (bicyclic) bond motifs is 1. The lowest BCUT2D eigenvalue weighted by Crippen LogP contribution is -2.38. The van der Waals surface area contributed by atoms with E-state index in [0.717, 1.165) is 43.9 Å². The first kappa shape index (κ1) is 15.8. The molecule has 2 fully saturated rings. The van der Waals surface area contributed by atoms with E-state index < -0.39 is 0 Å². The Balaban J connectivity index is 1.42. The molecule has 0 aromatic carbocycles. The first-order valence-corrected chi connectivity index (χ1v) is 9.40. The molecule has 1 amide bonds. The molecular formula is C17H21N3O3S. The predicted molar refractivity (Wildman–Crippen MR) is 92.2 cm³/mol. The molecule has 0 spiro atoms. The van der Waals surface area contributed by atoms with Crippen molar-refractivity contribution < 1.29 is 9.53 Å². The number of hydrogen-bond donors (Lipinski definition) is 0. The van der Waals surface area contributed by atoms with Gasteiger partial charge in [0.25, 0.3) is 5.56 Å². The zero-order valence-corrected chi connectivity index (χ0v) is 14.3. The average molecular weight is 347 g/mol. The highest BCUT2D eigenvalue weighted by Crippen LogP contribution is 2.29. The molecule has 2 aromatic rings. The van der Waals surface area contributed by atoms with E-state index in [2.05, 4.69) is 4.98 Å². The second kappa shape index (κ2) is 6.64. The van der Waals surface area contributed by atoms with Gasteiger partial charge in [-0.1, -0.05) is 0 Å². The van der Waals surface area contributed by atoms with Crippen molar-refractivity contribution in [3.63, 3.8) is 0 Å². The van der Waals surface area contributed by atoms with E-state index in [0.29, 0.717) is 30.3 Å². The van der Waals surface area contributed by atoms with Gasteiger partial charge in [0.15, 0.2) is 0 Å². The first-order valence-electron chi connectivity index (χ1n) is 8.52. The summed E-state index contributed by atoms with van der Waals surface area (Å²) in [7, 11) is 0. The summed E-state index contributed by atoms with van der Waals surface area (Å²) in [4.78, 5) is 32.1. The highest BCUT2D eigenvalue weighted by Gasteiger charge is 2.34. The van der Waals surface area contributed by atoms with Gasteiger partial charge < -0.3 is 9.64 Å². The maximum atomic E-state index is 12.7. The molecule has 1 atom stereocenters. The lowest BCUT2D eigenvalue weighted by molar-refractivity contribution is -0.132. The fourth-order valence-corrected chi connectivity index (χ4v) is 3.98. The molecule has 0 radical (unpaired) electrons. The first-order chi connectivity index (χ1) is 11.7. The minimum absolute atomic E-state index is 0.0591. The van der Waals surface area contributed by atoms with E-state index in [-0.39, 0.29) is 11.5 Å². The van der Waals surface area contributed by atoms with Gasteiger partial charge in [0.2, 0.25) is 5.91 Å². The Bertz CT molecular complexity index is 790. The van der Waals surface area contributed by atoms with Crippen LogP contribution in [0.3, 0.4) is 0 Å². The van der Waals surface area contributed by atoms with Crippen molar-refractivity contribution in [1.29, 1.82) is 0 Å². The minimum atomic E-state index is -0.0591. The maximum absolute atomic E-state index is 12.7. The fraction of sp³-hybridized carbons (Fsp3) is 0.588. The number of carbonyl (C=O) groups is 1. The topological polar surface area (TPSA) is 64.4 Å². The normalized spacial score (nSPS) is 20.6. The van der Waals surface area contributed by atoms with Crippen LogP contribution in [0, 0.1) is 5.92 Å². The molecule has 0 bridgehead atoms. The van der Waals surface area contributed by atoms with Gasteiger partial charge in [-0.2, -0.15) is 0 Å². The summed E-state index contributed by atoms with van der Waals surface area (Å²) in [6.07, 6.45) is 5.14. The third-order valence-corrected chi connectivity index (χ3v) is 5.62. The van der Waals surface area contributed by atoms with Crippen LogP contribution in [0.25, 0.3) is 10.2 Å². The summed E-state index contributed by atoms with van der Waals surface area (Å²) in [5, 5.41) is 2.50. The zero-order valence-electron chi connectivity index (χ0n) is 13.5. The van der Waals surface area contributed by atoms with E-state index in [4.69, 9.17) is 4.74 Å². The van der Waals surface area contributed by atoms with Crippen molar-refractivity contribution in [2.24, 2.45) is 5.92 Å². The second-order valence-corrected chi connectivity index (χ2v) is 7.53. The molecule has 4 rings (SSSR count). The number of aromatic nitrogens is 2. The van der Waals surface area contributed by atoms with Gasteiger partial charge >= 0.3 is 0 Å². The molecule has 7 heteroatoms. The van der Waals surface area contributed by atoms with E-state index in [9.17, 15) is 9.59 Å². The van der Waals surface area contributed by atoms with Gasteiger partial charge in [0.1, 0.15) is 4.83 Å². The minimum Gasteiger partial charge on any atom is -0.381 e. The fourth-order valence-electron chi connectivity index (χ4n) is 3.26. The Morgan fingerprint density at radius 1 is 1.42 bits per heavy atom. The molecule has 1 aliphatic carbocycles. The van der Waals surface area contributed by atoms with Crippen molar-refractivity contribution in [3.05, 3.63) is 28.1 Å². The molecular weight excluding hydrogens is 326 g/mol. The van der Waals surface area contributed by atoms with Gasteiger partial charge in [0.05, 0.1) is 18.3 Å². The Kier molecular flexibility index (Phi) is 4.37. The monoisotopic (exact) mass is 347 g/mol. The van der Waals surface area contributed by atoms with Gasteiger partial charge in [-0.3, -0.25) is 14.2 Å². The largest absolute Gasteiger partial charge is 0.381 e. The summed E-state index contributed by atoms with van der Waals surface area (Å²) >= 11 is 1.46. The third-order valence-electron chi connectivity index (χ3n) is 4.80. The van der Waals surface area contributed by atoms with Crippen molar-refractivity contribution in [2.45, 2.75) is 38.3 Å². The third kappa shape index (κ3) is 3.23. The van der Waals surface area contributed by atoms with Crippen LogP contribution in [0.2, 0.25) is 0 Å². The summed E-state index contributed by atoms with van der Waals surface area (Å²) in [5.74, 6) is 0.600. The molecule has 128 valence electrons. The van der Waals surface area contributed by atoms with Crippen LogP contribution in [-0.2, 0) is 16.1 Å². The SMILES string of the molecule is O=C(CCn1cnc2sccc2c1=O)N(C[C@H]1CCOC1)C1CC1. The Labute approximate surface area is 144 Å². The standard InChI is InChI=1S/C17H21N3O3S/c21-15(20(13-1-2-13)9-12-4-7-23-10-12)3-6-19-11-18-16-14(17(19)22)5-8-24-16/h5,8,11-13H,1-4,6-7,9-10H2/t12-/m1/s1. The molecule has 0 N–H and O–H groups in total. The van der Waals surface area contributed by atoms with Crippen LogP contribution < -0.4 is 5.56 Å². The van der Waals surface area contributed by atoms with Crippen LogP contribution in [0.1, 0.15) is 25.7 Å². The van der Waals surface area contributed by atoms with E-state index in [1.54, 1.807) is 17.0 Å². The van der Waals surface area contributed by atoms with Crippen LogP contribution >= 0.6 is 11.3 Å². The summed E-state index contributed by atoms with van der Waals surface area (Å²) in [6, 6.07) is 2.19. The van der Waals surface area contributed by atoms with E-state index >= 15 is 0 Å². The van der Waals surface area contributed by atoms with Gasteiger partial charge in [0, 0.05) is 38.1 Å². The average Bonchev–Trinajstić information content (AvgIpc) is 3.09. The molecule has 1 saturated carbocycles. The number of rotatable bonds is 6. The Morgan fingerprint density at radius 3 is 3.04 bits per heavy atom. The van der Waals surface area contributed by atoms with Gasteiger partial charge in [-0.05, 0) is 30.7 Å². The number of ether oxygens (including phenoxy) is 1. The van der Waals surface area contributed by atoms with Crippen LogP contribution in [0.15, 0.2) is 22.6 Å². The maximum Gasteiger partial charge on any atom is 0.262 e. The van der Waals surface area contributed by atoms with E-state index in [1.165, 1.54) is 11.3 Å². The van der Waals surface area contributed by atoms with Gasteiger partial charge in [-0.25, -0.2) is 4.98 Å². The summed E-state index contributed by atoms with van der Waals surface area (Å²) in [6.45, 7) is 2.74. The molecule has 1 aliphatic heterocycles. The number of thiophene rings is 1.